The number of nitrogens with zero attached hydrogens (tertiary/aromatic N) is 1. The SMILES string of the molecule is CC(=O)CC[C@H](NC(=O)c1ccc(N(C)C)cc1)C(C)=O. The van der Waals surface area contributed by atoms with Gasteiger partial charge in [-0.1, -0.05) is 0 Å². The first kappa shape index (κ1) is 16.9. The Morgan fingerprint density at radius 2 is 1.67 bits per heavy atom. The van der Waals surface area contributed by atoms with Crippen molar-refractivity contribution in [1.82, 2.24) is 5.32 Å². The van der Waals surface area contributed by atoms with E-state index < -0.39 is 6.04 Å². The van der Waals surface area contributed by atoms with Crippen LogP contribution in [0.25, 0.3) is 0 Å². The van der Waals surface area contributed by atoms with E-state index in [0.717, 1.165) is 5.69 Å². The Bertz CT molecular complexity index is 521. The molecule has 0 bridgehead atoms. The number of Topliss-reactive ketones (excluding diaryl/α,β-unsaturated/α-hetero) is 2. The summed E-state index contributed by atoms with van der Waals surface area (Å²) in [6.07, 6.45) is 0.621. The van der Waals surface area contributed by atoms with Crippen molar-refractivity contribution >= 4 is 23.2 Å². The first-order valence-electron chi connectivity index (χ1n) is 6.89. The van der Waals surface area contributed by atoms with E-state index in [2.05, 4.69) is 5.32 Å². The van der Waals surface area contributed by atoms with Crippen LogP contribution in [-0.4, -0.2) is 37.6 Å². The number of amides is 1. The van der Waals surface area contributed by atoms with Crippen molar-refractivity contribution in [3.8, 4) is 0 Å². The number of hydrogen-bond acceptors (Lipinski definition) is 4. The summed E-state index contributed by atoms with van der Waals surface area (Å²) < 4.78 is 0. The number of carbonyl (C=O) groups is 3. The van der Waals surface area contributed by atoms with Crippen molar-refractivity contribution in [2.24, 2.45) is 0 Å². The van der Waals surface area contributed by atoms with Crippen LogP contribution >= 0.6 is 0 Å². The van der Waals surface area contributed by atoms with Gasteiger partial charge in [0.1, 0.15) is 5.78 Å². The molecule has 1 amide bonds. The van der Waals surface area contributed by atoms with Gasteiger partial charge in [-0.15, -0.1) is 0 Å². The molecule has 21 heavy (non-hydrogen) atoms. The van der Waals surface area contributed by atoms with Gasteiger partial charge in [0.15, 0.2) is 5.78 Å². The fraction of sp³-hybridized carbons (Fsp3) is 0.438. The molecule has 0 saturated carbocycles. The van der Waals surface area contributed by atoms with E-state index in [4.69, 9.17) is 0 Å². The second kappa shape index (κ2) is 7.57. The zero-order chi connectivity index (χ0) is 16.0. The fourth-order valence-electron chi connectivity index (χ4n) is 1.88. The lowest BCUT2D eigenvalue weighted by atomic mass is 10.1. The molecule has 5 heteroatoms. The normalized spacial score (nSPS) is 11.6. The van der Waals surface area contributed by atoms with E-state index in [1.807, 2.05) is 31.1 Å². The van der Waals surface area contributed by atoms with Gasteiger partial charge >= 0.3 is 0 Å². The van der Waals surface area contributed by atoms with Gasteiger partial charge in [-0.05, 0) is 44.5 Å². The molecule has 5 nitrogen and oxygen atoms in total. The van der Waals surface area contributed by atoms with Crippen LogP contribution in [0.5, 0.6) is 0 Å². The first-order chi connectivity index (χ1) is 9.81. The van der Waals surface area contributed by atoms with Crippen LogP contribution in [0.15, 0.2) is 24.3 Å². The van der Waals surface area contributed by atoms with Crippen LogP contribution < -0.4 is 10.2 Å². The average molecular weight is 290 g/mol. The van der Waals surface area contributed by atoms with Crippen molar-refractivity contribution in [2.75, 3.05) is 19.0 Å². The number of benzene rings is 1. The molecule has 0 aliphatic carbocycles. The van der Waals surface area contributed by atoms with Gasteiger partial charge in [0, 0.05) is 31.8 Å². The summed E-state index contributed by atoms with van der Waals surface area (Å²) in [5, 5.41) is 2.68. The molecule has 1 rings (SSSR count). The van der Waals surface area contributed by atoms with Gasteiger partial charge in [0.2, 0.25) is 0 Å². The van der Waals surface area contributed by atoms with Crippen molar-refractivity contribution in [3.05, 3.63) is 29.8 Å². The number of nitrogens with one attached hydrogen (secondary N) is 1. The van der Waals surface area contributed by atoms with Crippen molar-refractivity contribution in [1.29, 1.82) is 0 Å². The molecule has 0 aliphatic rings. The minimum atomic E-state index is -0.616. The van der Waals surface area contributed by atoms with Crippen LogP contribution in [0, 0.1) is 0 Å². The zero-order valence-electron chi connectivity index (χ0n) is 13.0. The average Bonchev–Trinajstić information content (AvgIpc) is 2.42. The van der Waals surface area contributed by atoms with Gasteiger partial charge < -0.3 is 15.0 Å². The molecule has 1 aromatic rings. The predicted octanol–water partition coefficient (Wildman–Crippen LogP) is 1.81. The Kier molecular flexibility index (Phi) is 6.09. The largest absolute Gasteiger partial charge is 0.378 e. The third kappa shape index (κ3) is 5.38. The Morgan fingerprint density at radius 3 is 2.10 bits per heavy atom. The topological polar surface area (TPSA) is 66.5 Å². The summed E-state index contributed by atoms with van der Waals surface area (Å²) in [7, 11) is 3.84. The number of rotatable bonds is 7. The lowest BCUT2D eigenvalue weighted by Crippen LogP contribution is -2.40. The fourth-order valence-corrected chi connectivity index (χ4v) is 1.88. The molecular formula is C16H22N2O3. The third-order valence-electron chi connectivity index (χ3n) is 3.23. The summed E-state index contributed by atoms with van der Waals surface area (Å²) in [6, 6.07) is 6.50. The van der Waals surface area contributed by atoms with Crippen LogP contribution in [0.1, 0.15) is 37.0 Å². The highest BCUT2D eigenvalue weighted by molar-refractivity contribution is 5.97. The monoisotopic (exact) mass is 290 g/mol. The van der Waals surface area contributed by atoms with Crippen molar-refractivity contribution in [2.45, 2.75) is 32.7 Å². The second-order valence-electron chi connectivity index (χ2n) is 5.32. The van der Waals surface area contributed by atoms with E-state index in [-0.39, 0.29) is 23.9 Å². The summed E-state index contributed by atoms with van der Waals surface area (Å²) in [5.41, 5.74) is 1.49. The molecule has 0 aliphatic heterocycles. The highest BCUT2D eigenvalue weighted by atomic mass is 16.2. The number of anilines is 1. The summed E-state index contributed by atoms with van der Waals surface area (Å²) >= 11 is 0. The molecule has 0 heterocycles. The molecule has 1 aromatic carbocycles. The molecule has 114 valence electrons. The predicted molar refractivity (Wildman–Crippen MR) is 82.6 cm³/mol. The smallest absolute Gasteiger partial charge is 0.251 e. The minimum absolute atomic E-state index is 0.00540. The maximum Gasteiger partial charge on any atom is 0.251 e. The Morgan fingerprint density at radius 1 is 1.10 bits per heavy atom. The minimum Gasteiger partial charge on any atom is -0.378 e. The maximum atomic E-state index is 12.1. The molecule has 1 atom stereocenters. The van der Waals surface area contributed by atoms with E-state index in [9.17, 15) is 14.4 Å². The van der Waals surface area contributed by atoms with Crippen molar-refractivity contribution in [3.63, 3.8) is 0 Å². The van der Waals surface area contributed by atoms with Crippen molar-refractivity contribution < 1.29 is 14.4 Å². The molecular weight excluding hydrogens is 268 g/mol. The second-order valence-corrected chi connectivity index (χ2v) is 5.32. The highest BCUT2D eigenvalue weighted by Crippen LogP contribution is 2.12. The van der Waals surface area contributed by atoms with Crippen LogP contribution in [0.4, 0.5) is 5.69 Å². The zero-order valence-corrected chi connectivity index (χ0v) is 13.0. The molecule has 0 saturated heterocycles. The van der Waals surface area contributed by atoms with E-state index in [1.165, 1.54) is 13.8 Å². The molecule has 0 aromatic heterocycles. The summed E-state index contributed by atoms with van der Waals surface area (Å²) in [6.45, 7) is 2.89. The van der Waals surface area contributed by atoms with Gasteiger partial charge in [-0.2, -0.15) is 0 Å². The van der Waals surface area contributed by atoms with Crippen LogP contribution in [0.2, 0.25) is 0 Å². The third-order valence-corrected chi connectivity index (χ3v) is 3.23. The Balaban J connectivity index is 2.72. The number of carbonyl (C=O) groups excluding carboxylic acids is 3. The summed E-state index contributed by atoms with van der Waals surface area (Å²) in [5.74, 6) is -0.440. The standard InChI is InChI=1S/C16H22N2O3/c1-11(19)5-10-15(12(2)20)17-16(21)13-6-8-14(9-7-13)18(3)4/h6-9,15H,5,10H2,1-4H3,(H,17,21)/t15-/m0/s1. The quantitative estimate of drug-likeness (QED) is 0.831. The number of ketones is 2. The maximum absolute atomic E-state index is 12.1. The van der Waals surface area contributed by atoms with Gasteiger partial charge in [0.25, 0.3) is 5.91 Å². The van der Waals surface area contributed by atoms with E-state index in [0.29, 0.717) is 12.0 Å². The van der Waals surface area contributed by atoms with Crippen LogP contribution in [-0.2, 0) is 9.59 Å². The van der Waals surface area contributed by atoms with E-state index in [1.54, 1.807) is 12.1 Å². The molecule has 0 radical (unpaired) electrons. The lowest BCUT2D eigenvalue weighted by Gasteiger charge is -2.16. The van der Waals surface area contributed by atoms with E-state index >= 15 is 0 Å². The van der Waals surface area contributed by atoms with Gasteiger partial charge in [-0.25, -0.2) is 0 Å². The molecule has 0 unspecified atom stereocenters. The Hall–Kier alpha value is -2.17. The molecule has 0 spiro atoms. The van der Waals surface area contributed by atoms with Gasteiger partial charge in [-0.3, -0.25) is 9.59 Å². The van der Waals surface area contributed by atoms with Gasteiger partial charge in [0.05, 0.1) is 6.04 Å². The summed E-state index contributed by atoms with van der Waals surface area (Å²) in [4.78, 5) is 36.6. The lowest BCUT2D eigenvalue weighted by molar-refractivity contribution is -0.119. The first-order valence-corrected chi connectivity index (χ1v) is 6.89. The highest BCUT2D eigenvalue weighted by Gasteiger charge is 2.18. The van der Waals surface area contributed by atoms with Crippen LogP contribution in [0.3, 0.4) is 0 Å². The molecule has 0 fully saturated rings. The number of hydrogen-bond donors (Lipinski definition) is 1. The molecule has 1 N–H and O–H groups in total. The Labute approximate surface area is 125 Å².